The number of nitrogens with one attached hydrogen (secondary N) is 1. The van der Waals surface area contributed by atoms with Gasteiger partial charge in [0.25, 0.3) is 0 Å². The van der Waals surface area contributed by atoms with Crippen molar-refractivity contribution in [2.24, 2.45) is 5.92 Å². The van der Waals surface area contributed by atoms with Crippen LogP contribution in [0.3, 0.4) is 0 Å². The van der Waals surface area contributed by atoms with E-state index >= 15 is 0 Å². The molecule has 1 aliphatic carbocycles. The molecule has 1 aliphatic rings. The van der Waals surface area contributed by atoms with E-state index in [1.54, 1.807) is 0 Å². The number of hydrogen-bond acceptors (Lipinski definition) is 2. The predicted octanol–water partition coefficient (Wildman–Crippen LogP) is 3.46. The number of rotatable bonds is 7. The molecule has 1 fully saturated rings. The molecule has 2 heteroatoms. The van der Waals surface area contributed by atoms with E-state index in [0.717, 1.165) is 19.1 Å². The monoisotopic (exact) mass is 247 g/mol. The summed E-state index contributed by atoms with van der Waals surface area (Å²) in [6.45, 7) is 8.23. The summed E-state index contributed by atoms with van der Waals surface area (Å²) < 4.78 is 6.03. The van der Waals surface area contributed by atoms with E-state index in [4.69, 9.17) is 4.74 Å². The van der Waals surface area contributed by atoms with Crippen LogP contribution in [0, 0.1) is 12.8 Å². The SMILES string of the molecule is CCNC(c1ccccc1C)C(OCC)C1CC1. The third kappa shape index (κ3) is 3.12. The van der Waals surface area contributed by atoms with Gasteiger partial charge in [-0.3, -0.25) is 0 Å². The molecule has 1 aromatic rings. The van der Waals surface area contributed by atoms with E-state index in [9.17, 15) is 0 Å². The van der Waals surface area contributed by atoms with Crippen LogP contribution in [-0.4, -0.2) is 19.3 Å². The van der Waals surface area contributed by atoms with Crippen LogP contribution < -0.4 is 5.32 Å². The van der Waals surface area contributed by atoms with Gasteiger partial charge in [-0.05, 0) is 50.3 Å². The molecule has 0 aliphatic heterocycles. The summed E-state index contributed by atoms with van der Waals surface area (Å²) in [4.78, 5) is 0. The molecule has 100 valence electrons. The third-order valence-electron chi connectivity index (χ3n) is 3.72. The molecular formula is C16H25NO. The Hall–Kier alpha value is -0.860. The third-order valence-corrected chi connectivity index (χ3v) is 3.72. The van der Waals surface area contributed by atoms with Gasteiger partial charge >= 0.3 is 0 Å². The summed E-state index contributed by atoms with van der Waals surface area (Å²) in [6.07, 6.45) is 2.97. The summed E-state index contributed by atoms with van der Waals surface area (Å²) in [5, 5.41) is 3.62. The van der Waals surface area contributed by atoms with E-state index in [1.165, 1.54) is 24.0 Å². The highest BCUT2D eigenvalue weighted by molar-refractivity contribution is 5.30. The van der Waals surface area contributed by atoms with Crippen LogP contribution in [0.5, 0.6) is 0 Å². The van der Waals surface area contributed by atoms with Crippen molar-refractivity contribution in [3.05, 3.63) is 35.4 Å². The Balaban J connectivity index is 2.22. The molecule has 0 radical (unpaired) electrons. The van der Waals surface area contributed by atoms with Crippen molar-refractivity contribution in [3.8, 4) is 0 Å². The standard InChI is InChI=1S/C16H25NO/c1-4-17-15(14-9-7-6-8-12(14)3)16(18-5-2)13-10-11-13/h6-9,13,15-17H,4-5,10-11H2,1-3H3. The Bertz CT molecular complexity index is 373. The molecule has 1 aromatic carbocycles. The van der Waals surface area contributed by atoms with Crippen molar-refractivity contribution in [1.82, 2.24) is 5.32 Å². The maximum atomic E-state index is 6.03. The van der Waals surface area contributed by atoms with Crippen molar-refractivity contribution in [1.29, 1.82) is 0 Å². The highest BCUT2D eigenvalue weighted by Gasteiger charge is 2.37. The first-order valence-corrected chi connectivity index (χ1v) is 7.18. The second-order valence-electron chi connectivity index (χ2n) is 5.15. The lowest BCUT2D eigenvalue weighted by atomic mass is 9.94. The maximum Gasteiger partial charge on any atom is 0.0797 e. The van der Waals surface area contributed by atoms with Gasteiger partial charge in [0.1, 0.15) is 0 Å². The van der Waals surface area contributed by atoms with Gasteiger partial charge < -0.3 is 10.1 Å². The number of likely N-dealkylation sites (N-methyl/N-ethyl adjacent to an activating group) is 1. The first-order valence-electron chi connectivity index (χ1n) is 7.18. The molecule has 1 saturated carbocycles. The molecule has 2 unspecified atom stereocenters. The van der Waals surface area contributed by atoms with E-state index in [0.29, 0.717) is 12.1 Å². The van der Waals surface area contributed by atoms with Gasteiger partial charge in [-0.15, -0.1) is 0 Å². The number of aryl methyl sites for hydroxylation is 1. The molecule has 2 rings (SSSR count). The lowest BCUT2D eigenvalue weighted by Crippen LogP contribution is -2.35. The first kappa shape index (κ1) is 13.6. The van der Waals surface area contributed by atoms with E-state index in [-0.39, 0.29) is 0 Å². The zero-order valence-electron chi connectivity index (χ0n) is 11.8. The number of benzene rings is 1. The quantitative estimate of drug-likeness (QED) is 0.796. The van der Waals surface area contributed by atoms with Gasteiger partial charge in [-0.2, -0.15) is 0 Å². The van der Waals surface area contributed by atoms with Gasteiger partial charge in [0.05, 0.1) is 12.1 Å². The molecule has 0 amide bonds. The van der Waals surface area contributed by atoms with Crippen LogP contribution in [0.25, 0.3) is 0 Å². The minimum absolute atomic E-state index is 0.330. The van der Waals surface area contributed by atoms with E-state index in [2.05, 4.69) is 50.4 Å². The van der Waals surface area contributed by atoms with Crippen molar-refractivity contribution < 1.29 is 4.74 Å². The van der Waals surface area contributed by atoms with Crippen LogP contribution in [0.4, 0.5) is 0 Å². The molecule has 2 atom stereocenters. The Kier molecular flexibility index (Phi) is 4.79. The van der Waals surface area contributed by atoms with E-state index < -0.39 is 0 Å². The fraction of sp³-hybridized carbons (Fsp3) is 0.625. The van der Waals surface area contributed by atoms with Crippen molar-refractivity contribution in [3.63, 3.8) is 0 Å². The van der Waals surface area contributed by atoms with Gasteiger partial charge in [-0.25, -0.2) is 0 Å². The van der Waals surface area contributed by atoms with Crippen molar-refractivity contribution in [2.75, 3.05) is 13.2 Å². The topological polar surface area (TPSA) is 21.3 Å². The van der Waals surface area contributed by atoms with Crippen molar-refractivity contribution >= 4 is 0 Å². The number of ether oxygens (including phenoxy) is 1. The molecule has 0 aromatic heterocycles. The second-order valence-corrected chi connectivity index (χ2v) is 5.15. The summed E-state index contributed by atoms with van der Waals surface area (Å²) in [6, 6.07) is 8.99. The van der Waals surface area contributed by atoms with Crippen LogP contribution in [0.1, 0.15) is 43.9 Å². The molecule has 0 bridgehead atoms. The van der Waals surface area contributed by atoms with Crippen LogP contribution in [0.2, 0.25) is 0 Å². The fourth-order valence-corrected chi connectivity index (χ4v) is 2.68. The smallest absolute Gasteiger partial charge is 0.0797 e. The molecule has 2 nitrogen and oxygen atoms in total. The Morgan fingerprint density at radius 3 is 2.56 bits per heavy atom. The molecular weight excluding hydrogens is 222 g/mol. The zero-order chi connectivity index (χ0) is 13.0. The molecule has 0 spiro atoms. The van der Waals surface area contributed by atoms with Crippen LogP contribution in [-0.2, 0) is 4.74 Å². The summed E-state index contributed by atoms with van der Waals surface area (Å²) in [7, 11) is 0. The first-order chi connectivity index (χ1) is 8.77. The van der Waals surface area contributed by atoms with Crippen molar-refractivity contribution in [2.45, 2.75) is 45.8 Å². The lowest BCUT2D eigenvalue weighted by molar-refractivity contribution is 0.0188. The molecule has 18 heavy (non-hydrogen) atoms. The highest BCUT2D eigenvalue weighted by Crippen LogP contribution is 2.40. The van der Waals surface area contributed by atoms with Gasteiger partial charge in [0, 0.05) is 6.61 Å². The Labute approximate surface area is 111 Å². The largest absolute Gasteiger partial charge is 0.376 e. The average molecular weight is 247 g/mol. The minimum Gasteiger partial charge on any atom is -0.376 e. The Morgan fingerprint density at radius 1 is 1.28 bits per heavy atom. The van der Waals surface area contributed by atoms with Gasteiger partial charge in [-0.1, -0.05) is 31.2 Å². The van der Waals surface area contributed by atoms with Gasteiger partial charge in [0.15, 0.2) is 0 Å². The summed E-state index contributed by atoms with van der Waals surface area (Å²) in [5.74, 6) is 0.744. The molecule has 1 N–H and O–H groups in total. The van der Waals surface area contributed by atoms with Crippen LogP contribution >= 0.6 is 0 Å². The highest BCUT2D eigenvalue weighted by atomic mass is 16.5. The van der Waals surface area contributed by atoms with Gasteiger partial charge in [0.2, 0.25) is 0 Å². The molecule has 0 saturated heterocycles. The zero-order valence-corrected chi connectivity index (χ0v) is 11.8. The Morgan fingerprint density at radius 2 is 2.00 bits per heavy atom. The lowest BCUT2D eigenvalue weighted by Gasteiger charge is -2.29. The normalized spacial score (nSPS) is 18.6. The van der Waals surface area contributed by atoms with E-state index in [1.807, 2.05) is 0 Å². The second kappa shape index (κ2) is 6.35. The summed E-state index contributed by atoms with van der Waals surface area (Å²) in [5.41, 5.74) is 2.75. The minimum atomic E-state index is 0.330. The number of hydrogen-bond donors (Lipinski definition) is 1. The summed E-state index contributed by atoms with van der Waals surface area (Å²) >= 11 is 0. The molecule has 0 heterocycles. The predicted molar refractivity (Wildman–Crippen MR) is 75.7 cm³/mol. The maximum absolute atomic E-state index is 6.03. The average Bonchev–Trinajstić information content (AvgIpc) is 3.19. The fourth-order valence-electron chi connectivity index (χ4n) is 2.68. The van der Waals surface area contributed by atoms with Crippen LogP contribution in [0.15, 0.2) is 24.3 Å².